The molecule has 23 heavy (non-hydrogen) atoms. The molecule has 1 aromatic rings. The second-order valence-corrected chi connectivity index (χ2v) is 6.90. The van der Waals surface area contributed by atoms with Crippen LogP contribution in [0.2, 0.25) is 0 Å². The van der Waals surface area contributed by atoms with Crippen molar-refractivity contribution < 1.29 is 0 Å². The molecule has 0 aromatic carbocycles. The van der Waals surface area contributed by atoms with E-state index in [9.17, 15) is 0 Å². The van der Waals surface area contributed by atoms with E-state index in [1.807, 2.05) is 19.4 Å². The van der Waals surface area contributed by atoms with Crippen LogP contribution in [0.15, 0.2) is 23.5 Å². The van der Waals surface area contributed by atoms with Crippen molar-refractivity contribution in [2.24, 2.45) is 16.8 Å². The molecule has 2 rings (SSSR count). The van der Waals surface area contributed by atoms with Gasteiger partial charge >= 0.3 is 0 Å². The van der Waals surface area contributed by atoms with Crippen LogP contribution < -0.4 is 10.6 Å². The number of rotatable bonds is 6. The topological polar surface area (TPSA) is 49.3 Å². The second kappa shape index (κ2) is 9.53. The summed E-state index contributed by atoms with van der Waals surface area (Å²) in [5.74, 6) is 2.72. The third kappa shape index (κ3) is 6.20. The first-order valence-electron chi connectivity index (χ1n) is 9.03. The number of nitrogens with one attached hydrogen (secondary N) is 2. The summed E-state index contributed by atoms with van der Waals surface area (Å²) in [6, 6.07) is 2.09. The largest absolute Gasteiger partial charge is 0.356 e. The summed E-state index contributed by atoms with van der Waals surface area (Å²) in [5, 5.41) is 6.87. The van der Waals surface area contributed by atoms with Crippen LogP contribution >= 0.6 is 0 Å². The van der Waals surface area contributed by atoms with Crippen molar-refractivity contribution in [1.29, 1.82) is 0 Å². The second-order valence-electron chi connectivity index (χ2n) is 6.90. The lowest BCUT2D eigenvalue weighted by atomic mass is 9.81. The Morgan fingerprint density at radius 1 is 1.30 bits per heavy atom. The Kier molecular flexibility index (Phi) is 7.37. The molecule has 0 amide bonds. The highest BCUT2D eigenvalue weighted by atomic mass is 15.2. The van der Waals surface area contributed by atoms with Gasteiger partial charge in [0.15, 0.2) is 5.96 Å². The Bertz CT molecular complexity index is 498. The summed E-state index contributed by atoms with van der Waals surface area (Å²) < 4.78 is 0. The van der Waals surface area contributed by atoms with E-state index in [2.05, 4.69) is 40.5 Å². The molecule has 2 unspecified atom stereocenters. The third-order valence-electron chi connectivity index (χ3n) is 4.94. The highest BCUT2D eigenvalue weighted by molar-refractivity contribution is 5.79. The Morgan fingerprint density at radius 2 is 2.13 bits per heavy atom. The monoisotopic (exact) mass is 316 g/mol. The molecule has 0 saturated heterocycles. The molecular weight excluding hydrogens is 284 g/mol. The number of guanidine groups is 1. The molecule has 0 aliphatic heterocycles. The van der Waals surface area contributed by atoms with Crippen molar-refractivity contribution in [2.75, 3.05) is 20.1 Å². The third-order valence-corrected chi connectivity index (χ3v) is 4.94. The van der Waals surface area contributed by atoms with Crippen LogP contribution in [-0.2, 0) is 6.42 Å². The Balaban J connectivity index is 1.64. The lowest BCUT2D eigenvalue weighted by molar-refractivity contribution is 0.270. The quantitative estimate of drug-likeness (QED) is 0.625. The summed E-state index contributed by atoms with van der Waals surface area (Å²) >= 11 is 0. The number of aromatic nitrogens is 1. The highest BCUT2D eigenvalue weighted by Gasteiger charge is 2.18. The van der Waals surface area contributed by atoms with Crippen LogP contribution in [0.3, 0.4) is 0 Å². The van der Waals surface area contributed by atoms with Crippen LogP contribution in [-0.4, -0.2) is 31.1 Å². The fourth-order valence-corrected chi connectivity index (χ4v) is 3.54. The summed E-state index contributed by atoms with van der Waals surface area (Å²) in [5.41, 5.74) is 2.60. The van der Waals surface area contributed by atoms with Crippen LogP contribution in [0.25, 0.3) is 0 Å². The van der Waals surface area contributed by atoms with Gasteiger partial charge in [0, 0.05) is 32.5 Å². The number of aliphatic imine (C=N–C) groups is 1. The zero-order valence-corrected chi connectivity index (χ0v) is 14.9. The van der Waals surface area contributed by atoms with Crippen molar-refractivity contribution in [1.82, 2.24) is 15.6 Å². The number of nitrogens with zero attached hydrogens (tertiary/aromatic N) is 2. The van der Waals surface area contributed by atoms with Gasteiger partial charge in [0.05, 0.1) is 0 Å². The molecule has 128 valence electrons. The summed E-state index contributed by atoms with van der Waals surface area (Å²) in [7, 11) is 1.84. The average Bonchev–Trinajstić information content (AvgIpc) is 2.55. The van der Waals surface area contributed by atoms with E-state index in [0.29, 0.717) is 0 Å². The van der Waals surface area contributed by atoms with E-state index in [0.717, 1.165) is 37.3 Å². The number of hydrogen-bond donors (Lipinski definition) is 2. The first kappa shape index (κ1) is 17.8. The molecule has 4 nitrogen and oxygen atoms in total. The van der Waals surface area contributed by atoms with E-state index in [1.54, 1.807) is 0 Å². The van der Waals surface area contributed by atoms with Gasteiger partial charge in [0.25, 0.3) is 0 Å². The molecule has 1 fully saturated rings. The maximum absolute atomic E-state index is 4.32. The summed E-state index contributed by atoms with van der Waals surface area (Å²) in [4.78, 5) is 8.46. The Labute approximate surface area is 141 Å². The molecule has 1 heterocycles. The summed E-state index contributed by atoms with van der Waals surface area (Å²) in [6.07, 6.45) is 11.7. The van der Waals surface area contributed by atoms with Crippen molar-refractivity contribution in [3.63, 3.8) is 0 Å². The zero-order chi connectivity index (χ0) is 16.5. The number of aryl methyl sites for hydroxylation is 1. The van der Waals surface area contributed by atoms with E-state index in [-0.39, 0.29) is 0 Å². The molecule has 4 heteroatoms. The molecule has 1 saturated carbocycles. The van der Waals surface area contributed by atoms with Gasteiger partial charge in [-0.25, -0.2) is 0 Å². The van der Waals surface area contributed by atoms with Gasteiger partial charge in [0.2, 0.25) is 0 Å². The van der Waals surface area contributed by atoms with Gasteiger partial charge in [-0.15, -0.1) is 0 Å². The molecule has 2 atom stereocenters. The fraction of sp³-hybridized carbons (Fsp3) is 0.684. The molecular formula is C19H32N4. The first-order valence-corrected chi connectivity index (χ1v) is 9.03. The highest BCUT2D eigenvalue weighted by Crippen LogP contribution is 2.30. The number of hydrogen-bond acceptors (Lipinski definition) is 2. The van der Waals surface area contributed by atoms with Crippen LogP contribution in [0.4, 0.5) is 0 Å². The van der Waals surface area contributed by atoms with E-state index >= 15 is 0 Å². The normalized spacial score (nSPS) is 22.0. The van der Waals surface area contributed by atoms with Crippen molar-refractivity contribution in [2.45, 2.75) is 52.4 Å². The molecule has 0 bridgehead atoms. The van der Waals surface area contributed by atoms with Gasteiger partial charge in [-0.3, -0.25) is 9.98 Å². The maximum atomic E-state index is 4.32. The zero-order valence-electron chi connectivity index (χ0n) is 14.9. The minimum atomic E-state index is 0.892. The smallest absolute Gasteiger partial charge is 0.190 e. The first-order chi connectivity index (χ1) is 11.2. The van der Waals surface area contributed by atoms with E-state index in [1.165, 1.54) is 43.2 Å². The molecule has 0 spiro atoms. The fourth-order valence-electron chi connectivity index (χ4n) is 3.54. The average molecular weight is 316 g/mol. The minimum absolute atomic E-state index is 0.892. The number of pyridine rings is 1. The molecule has 2 N–H and O–H groups in total. The van der Waals surface area contributed by atoms with Gasteiger partial charge in [-0.05, 0) is 55.2 Å². The lowest BCUT2D eigenvalue weighted by Gasteiger charge is -2.26. The molecule has 0 radical (unpaired) electrons. The summed E-state index contributed by atoms with van der Waals surface area (Å²) in [6.45, 7) is 6.41. The van der Waals surface area contributed by atoms with Crippen molar-refractivity contribution >= 4 is 5.96 Å². The molecule has 1 aliphatic carbocycles. The minimum Gasteiger partial charge on any atom is -0.356 e. The molecule has 1 aliphatic rings. The standard InChI is InChI=1S/C19H32N4/c1-15-5-4-6-17(13-15)7-11-22-19(20-3)23-12-9-18-8-10-21-14-16(18)2/h8,10,14-15,17H,4-7,9,11-13H2,1-3H3,(H2,20,22,23). The van der Waals surface area contributed by atoms with Gasteiger partial charge in [-0.1, -0.05) is 26.2 Å². The van der Waals surface area contributed by atoms with Gasteiger partial charge in [0.1, 0.15) is 0 Å². The van der Waals surface area contributed by atoms with E-state index in [4.69, 9.17) is 0 Å². The van der Waals surface area contributed by atoms with Crippen molar-refractivity contribution in [3.8, 4) is 0 Å². The van der Waals surface area contributed by atoms with Crippen LogP contribution in [0, 0.1) is 18.8 Å². The van der Waals surface area contributed by atoms with Crippen molar-refractivity contribution in [3.05, 3.63) is 29.6 Å². The van der Waals surface area contributed by atoms with Crippen LogP contribution in [0.1, 0.15) is 50.2 Å². The maximum Gasteiger partial charge on any atom is 0.190 e. The van der Waals surface area contributed by atoms with Crippen LogP contribution in [0.5, 0.6) is 0 Å². The predicted octanol–water partition coefficient (Wildman–Crippen LogP) is 3.31. The SMILES string of the molecule is CN=C(NCCc1ccncc1C)NCCC1CCCC(C)C1. The molecule has 1 aromatic heterocycles. The van der Waals surface area contributed by atoms with Gasteiger partial charge in [-0.2, -0.15) is 0 Å². The van der Waals surface area contributed by atoms with E-state index < -0.39 is 0 Å². The van der Waals surface area contributed by atoms with Gasteiger partial charge < -0.3 is 10.6 Å². The Hall–Kier alpha value is -1.58. The lowest BCUT2D eigenvalue weighted by Crippen LogP contribution is -2.39. The predicted molar refractivity (Wildman–Crippen MR) is 97.8 cm³/mol. The Morgan fingerprint density at radius 3 is 2.87 bits per heavy atom.